The van der Waals surface area contributed by atoms with Crippen LogP contribution in [0.2, 0.25) is 0 Å². The minimum Gasteiger partial charge on any atom is -0.379 e. The maximum Gasteiger partial charge on any atom is 0.151 e. The maximum absolute atomic E-state index is 4.61. The smallest absolute Gasteiger partial charge is 0.151 e. The molecule has 2 heterocycles. The van der Waals surface area contributed by atoms with Gasteiger partial charge in [-0.25, -0.2) is 4.98 Å². The molecule has 1 saturated carbocycles. The second-order valence-corrected chi connectivity index (χ2v) is 5.90. The third kappa shape index (κ3) is 3.20. The molecule has 1 aromatic heterocycles. The van der Waals surface area contributed by atoms with Crippen LogP contribution < -0.4 is 10.2 Å². The first-order chi connectivity index (χ1) is 9.43. The summed E-state index contributed by atoms with van der Waals surface area (Å²) in [7, 11) is 0. The van der Waals surface area contributed by atoms with Crippen molar-refractivity contribution in [3.63, 3.8) is 0 Å². The topological polar surface area (TPSA) is 28.2 Å². The Hall–Kier alpha value is -1.25. The van der Waals surface area contributed by atoms with Crippen LogP contribution in [0.5, 0.6) is 0 Å². The molecule has 0 radical (unpaired) electrons. The molecule has 3 rings (SSSR count). The highest BCUT2D eigenvalue weighted by atomic mass is 15.2. The summed E-state index contributed by atoms with van der Waals surface area (Å²) >= 11 is 0. The van der Waals surface area contributed by atoms with Crippen molar-refractivity contribution in [3.05, 3.63) is 18.3 Å². The Morgan fingerprint density at radius 3 is 2.47 bits per heavy atom. The Balaban J connectivity index is 1.72. The van der Waals surface area contributed by atoms with Gasteiger partial charge in [-0.1, -0.05) is 25.7 Å². The van der Waals surface area contributed by atoms with Gasteiger partial charge < -0.3 is 10.2 Å². The molecule has 1 saturated heterocycles. The molecule has 1 aliphatic carbocycles. The SMILES string of the molecule is c1cnc(N2CCCC2)c(NC2CCCCCC2)c1. The van der Waals surface area contributed by atoms with Crippen LogP contribution in [0.4, 0.5) is 11.5 Å². The first-order valence-electron chi connectivity index (χ1n) is 7.90. The summed E-state index contributed by atoms with van der Waals surface area (Å²) in [4.78, 5) is 7.04. The first kappa shape index (κ1) is 12.8. The van der Waals surface area contributed by atoms with Gasteiger partial charge in [0.1, 0.15) is 0 Å². The highest BCUT2D eigenvalue weighted by Crippen LogP contribution is 2.29. The predicted octanol–water partition coefficient (Wildman–Crippen LogP) is 3.82. The molecule has 2 fully saturated rings. The van der Waals surface area contributed by atoms with Crippen LogP contribution >= 0.6 is 0 Å². The summed E-state index contributed by atoms with van der Waals surface area (Å²) in [5.74, 6) is 1.17. The number of anilines is 2. The van der Waals surface area contributed by atoms with Gasteiger partial charge in [0.05, 0.1) is 5.69 Å². The summed E-state index contributed by atoms with van der Waals surface area (Å²) in [6, 6.07) is 4.90. The molecule has 104 valence electrons. The Bertz CT molecular complexity index is 391. The van der Waals surface area contributed by atoms with Crippen LogP contribution in [-0.4, -0.2) is 24.1 Å². The standard InChI is InChI=1S/C16H25N3/c1-2-4-9-14(8-3-1)18-15-10-7-11-17-16(15)19-12-5-6-13-19/h7,10-11,14,18H,1-6,8-9,12-13H2. The van der Waals surface area contributed by atoms with E-state index < -0.39 is 0 Å². The monoisotopic (exact) mass is 259 g/mol. The van der Waals surface area contributed by atoms with Crippen LogP contribution in [-0.2, 0) is 0 Å². The van der Waals surface area contributed by atoms with Crippen molar-refractivity contribution in [2.75, 3.05) is 23.3 Å². The largest absolute Gasteiger partial charge is 0.379 e. The zero-order chi connectivity index (χ0) is 12.9. The zero-order valence-electron chi connectivity index (χ0n) is 11.8. The van der Waals surface area contributed by atoms with Gasteiger partial charge in [0, 0.05) is 25.3 Å². The normalized spacial score (nSPS) is 21.4. The fraction of sp³-hybridized carbons (Fsp3) is 0.688. The number of nitrogens with one attached hydrogen (secondary N) is 1. The van der Waals surface area contributed by atoms with Gasteiger partial charge in [0.15, 0.2) is 5.82 Å². The van der Waals surface area contributed by atoms with Crippen LogP contribution in [0.1, 0.15) is 51.4 Å². The molecule has 0 atom stereocenters. The van der Waals surface area contributed by atoms with Gasteiger partial charge >= 0.3 is 0 Å². The maximum atomic E-state index is 4.61. The molecule has 0 unspecified atom stereocenters. The summed E-state index contributed by atoms with van der Waals surface area (Å²) < 4.78 is 0. The lowest BCUT2D eigenvalue weighted by Gasteiger charge is -2.24. The van der Waals surface area contributed by atoms with Gasteiger partial charge in [-0.3, -0.25) is 0 Å². The van der Waals surface area contributed by atoms with E-state index in [1.165, 1.54) is 62.9 Å². The molecule has 2 aliphatic rings. The van der Waals surface area contributed by atoms with E-state index in [0.717, 1.165) is 13.1 Å². The fourth-order valence-electron chi connectivity index (χ4n) is 3.33. The van der Waals surface area contributed by atoms with Gasteiger partial charge in [0.2, 0.25) is 0 Å². The number of nitrogens with zero attached hydrogens (tertiary/aromatic N) is 2. The molecule has 1 aromatic rings. The molecule has 3 heteroatoms. The molecule has 0 amide bonds. The third-order valence-corrected chi connectivity index (χ3v) is 4.41. The van der Waals surface area contributed by atoms with Gasteiger partial charge in [-0.15, -0.1) is 0 Å². The molecule has 1 N–H and O–H groups in total. The van der Waals surface area contributed by atoms with Gasteiger partial charge in [0.25, 0.3) is 0 Å². The van der Waals surface area contributed by atoms with E-state index in [4.69, 9.17) is 0 Å². The van der Waals surface area contributed by atoms with Crippen LogP contribution in [0, 0.1) is 0 Å². The van der Waals surface area contributed by atoms with E-state index in [2.05, 4.69) is 27.3 Å². The van der Waals surface area contributed by atoms with E-state index in [0.29, 0.717) is 6.04 Å². The Morgan fingerprint density at radius 1 is 1.00 bits per heavy atom. The minimum atomic E-state index is 0.646. The molecule has 0 bridgehead atoms. The second-order valence-electron chi connectivity index (χ2n) is 5.90. The summed E-state index contributed by atoms with van der Waals surface area (Å²) in [6.45, 7) is 2.33. The van der Waals surface area contributed by atoms with E-state index in [1.54, 1.807) is 0 Å². The van der Waals surface area contributed by atoms with Crippen molar-refractivity contribution < 1.29 is 0 Å². The van der Waals surface area contributed by atoms with Crippen molar-refractivity contribution in [2.45, 2.75) is 57.4 Å². The highest BCUT2D eigenvalue weighted by molar-refractivity contribution is 5.66. The molecule has 1 aliphatic heterocycles. The number of rotatable bonds is 3. The molecule has 3 nitrogen and oxygen atoms in total. The number of pyridine rings is 1. The summed E-state index contributed by atoms with van der Waals surface area (Å²) in [5, 5.41) is 3.76. The van der Waals surface area contributed by atoms with Crippen LogP contribution in [0.25, 0.3) is 0 Å². The van der Waals surface area contributed by atoms with Crippen molar-refractivity contribution in [3.8, 4) is 0 Å². The molecule has 19 heavy (non-hydrogen) atoms. The number of aromatic nitrogens is 1. The highest BCUT2D eigenvalue weighted by Gasteiger charge is 2.19. The Morgan fingerprint density at radius 2 is 1.74 bits per heavy atom. The minimum absolute atomic E-state index is 0.646. The average Bonchev–Trinajstić information content (AvgIpc) is 2.85. The number of hydrogen-bond acceptors (Lipinski definition) is 3. The number of hydrogen-bond donors (Lipinski definition) is 1. The molecular weight excluding hydrogens is 234 g/mol. The average molecular weight is 259 g/mol. The summed E-state index contributed by atoms with van der Waals surface area (Å²) in [5.41, 5.74) is 1.25. The lowest BCUT2D eigenvalue weighted by molar-refractivity contribution is 0.619. The Kier molecular flexibility index (Phi) is 4.21. The van der Waals surface area contributed by atoms with Crippen molar-refractivity contribution in [2.24, 2.45) is 0 Å². The van der Waals surface area contributed by atoms with Crippen molar-refractivity contribution in [1.29, 1.82) is 0 Å². The predicted molar refractivity (Wildman–Crippen MR) is 80.8 cm³/mol. The summed E-state index contributed by atoms with van der Waals surface area (Å²) in [6.07, 6.45) is 12.7. The van der Waals surface area contributed by atoms with Crippen molar-refractivity contribution >= 4 is 11.5 Å². The lowest BCUT2D eigenvalue weighted by Crippen LogP contribution is -2.24. The van der Waals surface area contributed by atoms with E-state index in [-0.39, 0.29) is 0 Å². The van der Waals surface area contributed by atoms with Crippen LogP contribution in [0.3, 0.4) is 0 Å². The molecular formula is C16H25N3. The van der Waals surface area contributed by atoms with E-state index in [1.807, 2.05) is 6.20 Å². The zero-order valence-corrected chi connectivity index (χ0v) is 11.8. The Labute approximate surface area is 116 Å². The van der Waals surface area contributed by atoms with Crippen molar-refractivity contribution in [1.82, 2.24) is 4.98 Å². The van der Waals surface area contributed by atoms with Gasteiger partial charge in [-0.05, 0) is 37.8 Å². The van der Waals surface area contributed by atoms with Crippen LogP contribution in [0.15, 0.2) is 18.3 Å². The first-order valence-corrected chi connectivity index (χ1v) is 7.90. The lowest BCUT2D eigenvalue weighted by atomic mass is 10.1. The second kappa shape index (κ2) is 6.27. The van der Waals surface area contributed by atoms with Gasteiger partial charge in [-0.2, -0.15) is 0 Å². The molecule has 0 spiro atoms. The molecule has 0 aromatic carbocycles. The van der Waals surface area contributed by atoms with E-state index >= 15 is 0 Å². The fourth-order valence-corrected chi connectivity index (χ4v) is 3.33. The quantitative estimate of drug-likeness (QED) is 0.836. The third-order valence-electron chi connectivity index (χ3n) is 4.41. The van der Waals surface area contributed by atoms with E-state index in [9.17, 15) is 0 Å².